The van der Waals surface area contributed by atoms with E-state index in [-0.39, 0.29) is 5.91 Å². The Labute approximate surface area is 141 Å². The lowest BCUT2D eigenvalue weighted by atomic mass is 10.1. The average Bonchev–Trinajstić information content (AvgIpc) is 2.56. The predicted octanol–water partition coefficient (Wildman–Crippen LogP) is 3.82. The molecule has 0 radical (unpaired) electrons. The summed E-state index contributed by atoms with van der Waals surface area (Å²) >= 11 is 5.85. The van der Waals surface area contributed by atoms with E-state index in [1.807, 2.05) is 19.1 Å². The molecule has 23 heavy (non-hydrogen) atoms. The third-order valence-corrected chi connectivity index (χ3v) is 3.54. The van der Waals surface area contributed by atoms with Crippen LogP contribution in [0.4, 0.5) is 0 Å². The third kappa shape index (κ3) is 4.98. The zero-order chi connectivity index (χ0) is 16.7. The number of halogens is 1. The van der Waals surface area contributed by atoms with Gasteiger partial charge in [0.15, 0.2) is 0 Å². The van der Waals surface area contributed by atoms with Crippen molar-refractivity contribution in [1.29, 1.82) is 0 Å². The molecule has 0 atom stereocenters. The molecule has 0 spiro atoms. The zero-order valence-electron chi connectivity index (χ0n) is 13.3. The van der Waals surface area contributed by atoms with Gasteiger partial charge in [-0.05, 0) is 42.8 Å². The van der Waals surface area contributed by atoms with Crippen molar-refractivity contribution < 1.29 is 14.3 Å². The molecule has 1 amide bonds. The lowest BCUT2D eigenvalue weighted by Gasteiger charge is -2.12. The fourth-order valence-electron chi connectivity index (χ4n) is 2.17. The Morgan fingerprint density at radius 1 is 1.17 bits per heavy atom. The largest absolute Gasteiger partial charge is 0.494 e. The number of hydrogen-bond donors (Lipinski definition) is 1. The molecule has 0 aromatic heterocycles. The second-order valence-corrected chi connectivity index (χ2v) is 5.43. The van der Waals surface area contributed by atoms with Crippen molar-refractivity contribution in [3.63, 3.8) is 0 Å². The second-order valence-electron chi connectivity index (χ2n) is 5.00. The monoisotopic (exact) mass is 333 g/mol. The molecule has 0 bridgehead atoms. The van der Waals surface area contributed by atoms with Gasteiger partial charge in [0.1, 0.15) is 5.75 Å². The van der Waals surface area contributed by atoms with Gasteiger partial charge in [-0.25, -0.2) is 0 Å². The Morgan fingerprint density at radius 2 is 1.91 bits per heavy atom. The topological polar surface area (TPSA) is 47.6 Å². The van der Waals surface area contributed by atoms with Gasteiger partial charge in [-0.1, -0.05) is 23.7 Å². The molecule has 0 heterocycles. The van der Waals surface area contributed by atoms with E-state index in [1.54, 1.807) is 37.4 Å². The molecular weight excluding hydrogens is 314 g/mol. The molecule has 1 N–H and O–H groups in total. The van der Waals surface area contributed by atoms with Gasteiger partial charge in [0.05, 0.1) is 13.2 Å². The van der Waals surface area contributed by atoms with Crippen LogP contribution < -0.4 is 10.1 Å². The van der Waals surface area contributed by atoms with Crippen LogP contribution in [0.1, 0.15) is 28.4 Å². The average molecular weight is 334 g/mol. The van der Waals surface area contributed by atoms with E-state index in [0.717, 1.165) is 16.9 Å². The lowest BCUT2D eigenvalue weighted by molar-refractivity contribution is 0.0950. The number of methoxy groups -OCH3 is 1. The van der Waals surface area contributed by atoms with Crippen LogP contribution in [0, 0.1) is 0 Å². The fraction of sp³-hybridized carbons (Fsp3) is 0.278. The van der Waals surface area contributed by atoms with Crippen molar-refractivity contribution in [1.82, 2.24) is 5.32 Å². The summed E-state index contributed by atoms with van der Waals surface area (Å²) in [5, 5.41) is 3.57. The highest BCUT2D eigenvalue weighted by molar-refractivity contribution is 6.30. The second kappa shape index (κ2) is 8.56. The van der Waals surface area contributed by atoms with Gasteiger partial charge in [0.2, 0.25) is 0 Å². The van der Waals surface area contributed by atoms with Crippen molar-refractivity contribution in [3.8, 4) is 5.75 Å². The summed E-state index contributed by atoms with van der Waals surface area (Å²) in [5.41, 5.74) is 2.42. The summed E-state index contributed by atoms with van der Waals surface area (Å²) in [6.45, 7) is 3.33. The maximum absolute atomic E-state index is 12.3. The molecule has 0 saturated carbocycles. The number of amides is 1. The molecule has 0 saturated heterocycles. The Hall–Kier alpha value is -2.04. The highest BCUT2D eigenvalue weighted by Gasteiger charge is 2.10. The van der Waals surface area contributed by atoms with Gasteiger partial charge in [-0.15, -0.1) is 0 Å². The Balaban J connectivity index is 2.06. The quantitative estimate of drug-likeness (QED) is 0.838. The van der Waals surface area contributed by atoms with Gasteiger partial charge in [-0.2, -0.15) is 0 Å². The molecule has 0 aliphatic rings. The molecule has 122 valence electrons. The van der Waals surface area contributed by atoms with E-state index in [4.69, 9.17) is 21.1 Å². The van der Waals surface area contributed by atoms with Crippen LogP contribution in [0.3, 0.4) is 0 Å². The minimum Gasteiger partial charge on any atom is -0.494 e. The summed E-state index contributed by atoms with van der Waals surface area (Å²) in [5.74, 6) is 0.601. The van der Waals surface area contributed by atoms with E-state index in [2.05, 4.69) is 5.32 Å². The van der Waals surface area contributed by atoms with Gasteiger partial charge in [0, 0.05) is 29.8 Å². The third-order valence-electron chi connectivity index (χ3n) is 3.29. The van der Waals surface area contributed by atoms with Gasteiger partial charge in [-0.3, -0.25) is 4.79 Å². The van der Waals surface area contributed by atoms with Gasteiger partial charge >= 0.3 is 0 Å². The van der Waals surface area contributed by atoms with Crippen LogP contribution in [0.5, 0.6) is 5.75 Å². The van der Waals surface area contributed by atoms with E-state index in [9.17, 15) is 4.79 Å². The molecule has 0 aliphatic carbocycles. The van der Waals surface area contributed by atoms with Crippen LogP contribution in [0.15, 0.2) is 42.5 Å². The minimum atomic E-state index is -0.139. The highest BCUT2D eigenvalue weighted by Crippen LogP contribution is 2.21. The molecule has 2 aromatic carbocycles. The first kappa shape index (κ1) is 17.3. The SMILES string of the molecule is CCOc1ccc(C(=O)NCc2ccc(Cl)cc2)cc1COC. The van der Waals surface area contributed by atoms with Crippen molar-refractivity contribution in [2.45, 2.75) is 20.1 Å². The molecule has 2 aromatic rings. The van der Waals surface area contributed by atoms with E-state index < -0.39 is 0 Å². The Kier molecular flexibility index (Phi) is 6.44. The number of ether oxygens (including phenoxy) is 2. The maximum Gasteiger partial charge on any atom is 0.251 e. The summed E-state index contributed by atoms with van der Waals surface area (Å²) in [6.07, 6.45) is 0. The number of benzene rings is 2. The van der Waals surface area contributed by atoms with Crippen LogP contribution in [-0.4, -0.2) is 19.6 Å². The first-order valence-corrected chi connectivity index (χ1v) is 7.79. The normalized spacial score (nSPS) is 10.4. The summed E-state index contributed by atoms with van der Waals surface area (Å²) < 4.78 is 10.7. The van der Waals surface area contributed by atoms with Crippen molar-refractivity contribution in [2.24, 2.45) is 0 Å². The smallest absolute Gasteiger partial charge is 0.251 e. The molecular formula is C18H20ClNO3. The van der Waals surface area contributed by atoms with Crippen LogP contribution in [-0.2, 0) is 17.9 Å². The van der Waals surface area contributed by atoms with Gasteiger partial charge in [0.25, 0.3) is 5.91 Å². The molecule has 0 unspecified atom stereocenters. The first-order valence-electron chi connectivity index (χ1n) is 7.41. The predicted molar refractivity (Wildman–Crippen MR) is 90.9 cm³/mol. The standard InChI is InChI=1S/C18H20ClNO3/c1-3-23-17-9-6-14(10-15(17)12-22-2)18(21)20-11-13-4-7-16(19)8-5-13/h4-10H,3,11-12H2,1-2H3,(H,20,21). The number of carbonyl (C=O) groups is 1. The highest BCUT2D eigenvalue weighted by atomic mass is 35.5. The van der Waals surface area contributed by atoms with E-state index in [1.165, 1.54) is 0 Å². The fourth-order valence-corrected chi connectivity index (χ4v) is 2.30. The molecule has 0 fully saturated rings. The molecule has 2 rings (SSSR count). The van der Waals surface area contributed by atoms with E-state index in [0.29, 0.717) is 30.3 Å². The molecule has 0 aliphatic heterocycles. The van der Waals surface area contributed by atoms with Crippen LogP contribution in [0.25, 0.3) is 0 Å². The van der Waals surface area contributed by atoms with Crippen molar-refractivity contribution in [2.75, 3.05) is 13.7 Å². The number of carbonyl (C=O) groups excluding carboxylic acids is 1. The Bertz CT molecular complexity index is 656. The Morgan fingerprint density at radius 3 is 2.57 bits per heavy atom. The lowest BCUT2D eigenvalue weighted by Crippen LogP contribution is -2.23. The van der Waals surface area contributed by atoms with Crippen molar-refractivity contribution in [3.05, 3.63) is 64.2 Å². The van der Waals surface area contributed by atoms with E-state index >= 15 is 0 Å². The van der Waals surface area contributed by atoms with Gasteiger partial charge < -0.3 is 14.8 Å². The zero-order valence-corrected chi connectivity index (χ0v) is 14.0. The molecule has 5 heteroatoms. The summed E-state index contributed by atoms with van der Waals surface area (Å²) in [4.78, 5) is 12.3. The van der Waals surface area contributed by atoms with Crippen LogP contribution in [0.2, 0.25) is 5.02 Å². The summed E-state index contributed by atoms with van der Waals surface area (Å²) in [6, 6.07) is 12.7. The summed E-state index contributed by atoms with van der Waals surface area (Å²) in [7, 11) is 1.61. The first-order chi connectivity index (χ1) is 11.1. The number of hydrogen-bond acceptors (Lipinski definition) is 3. The van der Waals surface area contributed by atoms with Crippen molar-refractivity contribution >= 4 is 17.5 Å². The number of rotatable bonds is 7. The number of nitrogens with one attached hydrogen (secondary N) is 1. The molecule has 4 nitrogen and oxygen atoms in total. The maximum atomic E-state index is 12.3. The minimum absolute atomic E-state index is 0.139. The van der Waals surface area contributed by atoms with Crippen LogP contribution >= 0.6 is 11.6 Å².